The first-order valence-corrected chi connectivity index (χ1v) is 9.02. The summed E-state index contributed by atoms with van der Waals surface area (Å²) in [5, 5.41) is 7.49. The number of nitrogens with one attached hydrogen (secondary N) is 1. The van der Waals surface area contributed by atoms with E-state index in [4.69, 9.17) is 4.98 Å². The Morgan fingerprint density at radius 3 is 2.32 bits per heavy atom. The molecule has 5 nitrogen and oxygen atoms in total. The second-order valence-electron chi connectivity index (χ2n) is 5.46. The molecule has 0 saturated carbocycles. The summed E-state index contributed by atoms with van der Waals surface area (Å²) in [7, 11) is 1.77. The van der Waals surface area contributed by atoms with Crippen LogP contribution in [0, 0.1) is 0 Å². The van der Waals surface area contributed by atoms with Crippen molar-refractivity contribution < 1.29 is 4.55 Å². The molecule has 0 saturated heterocycles. The van der Waals surface area contributed by atoms with E-state index in [1.807, 2.05) is 72.9 Å². The van der Waals surface area contributed by atoms with E-state index in [0.29, 0.717) is 16.4 Å². The fraction of sp³-hybridized carbons (Fsp3) is 0.0526. The number of fused-ring (bicyclic) bond motifs is 1. The van der Waals surface area contributed by atoms with Gasteiger partial charge in [-0.3, -0.25) is 0 Å². The molecule has 0 aliphatic heterocycles. The lowest BCUT2D eigenvalue weighted by molar-refractivity contribution is 0.596. The fourth-order valence-corrected chi connectivity index (χ4v) is 3.94. The molecular weight excluding hydrogens is 332 g/mol. The molecule has 1 unspecified atom stereocenters. The Labute approximate surface area is 148 Å². The highest BCUT2D eigenvalue weighted by Gasteiger charge is 2.27. The fourth-order valence-electron chi connectivity index (χ4n) is 2.67. The van der Waals surface area contributed by atoms with Crippen LogP contribution in [0.3, 0.4) is 0 Å². The number of hydrogen-bond acceptors (Lipinski definition) is 4. The van der Waals surface area contributed by atoms with Crippen LogP contribution in [-0.2, 0) is 11.2 Å². The predicted molar refractivity (Wildman–Crippen MR) is 99.1 cm³/mol. The molecule has 4 aromatic rings. The van der Waals surface area contributed by atoms with Gasteiger partial charge in [0.25, 0.3) is 0 Å². The molecule has 0 aliphatic rings. The van der Waals surface area contributed by atoms with Crippen molar-refractivity contribution in [2.75, 3.05) is 12.4 Å². The molecule has 0 radical (unpaired) electrons. The molecule has 4 rings (SSSR count). The van der Waals surface area contributed by atoms with Crippen LogP contribution >= 0.6 is 0 Å². The predicted octanol–water partition coefficient (Wildman–Crippen LogP) is 3.60. The van der Waals surface area contributed by atoms with Gasteiger partial charge in [-0.05, 0) is 18.2 Å². The maximum Gasteiger partial charge on any atom is 0.247 e. The monoisotopic (exact) mass is 348 g/mol. The van der Waals surface area contributed by atoms with Gasteiger partial charge >= 0.3 is 0 Å². The van der Waals surface area contributed by atoms with Gasteiger partial charge in [0, 0.05) is 30.0 Å². The average Bonchev–Trinajstić information content (AvgIpc) is 3.06. The highest BCUT2D eigenvalue weighted by Crippen LogP contribution is 2.31. The lowest BCUT2D eigenvalue weighted by atomic mass is 10.1. The second-order valence-corrected chi connectivity index (χ2v) is 6.87. The molecule has 0 aliphatic carbocycles. The van der Waals surface area contributed by atoms with Crippen LogP contribution in [0.15, 0.2) is 82.7 Å². The minimum atomic E-state index is -1.37. The third-order valence-electron chi connectivity index (χ3n) is 3.89. The first-order valence-electron chi connectivity index (χ1n) is 7.87. The SMILES string of the molecule is CNc1nn2ccc(-c3ccccc3)nc2c1[S+]([O-])c1ccccc1. The van der Waals surface area contributed by atoms with E-state index < -0.39 is 11.2 Å². The summed E-state index contributed by atoms with van der Waals surface area (Å²) in [6, 6.07) is 21.2. The summed E-state index contributed by atoms with van der Waals surface area (Å²) in [6.45, 7) is 0. The summed E-state index contributed by atoms with van der Waals surface area (Å²) in [5.41, 5.74) is 2.42. The molecule has 6 heteroatoms. The minimum absolute atomic E-state index is 0.569. The van der Waals surface area contributed by atoms with E-state index in [1.165, 1.54) is 0 Å². The molecule has 1 atom stereocenters. The Hall–Kier alpha value is -2.83. The number of anilines is 1. The van der Waals surface area contributed by atoms with Gasteiger partial charge in [0.1, 0.15) is 0 Å². The van der Waals surface area contributed by atoms with Crippen molar-refractivity contribution in [1.29, 1.82) is 0 Å². The molecule has 0 bridgehead atoms. The van der Waals surface area contributed by atoms with Crippen molar-refractivity contribution >= 4 is 22.6 Å². The zero-order valence-corrected chi connectivity index (χ0v) is 14.4. The summed E-state index contributed by atoms with van der Waals surface area (Å²) >= 11 is -1.37. The van der Waals surface area contributed by atoms with Crippen LogP contribution in [0.1, 0.15) is 0 Å². The van der Waals surface area contributed by atoms with Crippen LogP contribution in [0.25, 0.3) is 16.9 Å². The molecule has 124 valence electrons. The minimum Gasteiger partial charge on any atom is -0.606 e. The number of rotatable bonds is 4. The third-order valence-corrected chi connectivity index (χ3v) is 5.34. The van der Waals surface area contributed by atoms with Gasteiger partial charge in [-0.15, -0.1) is 5.10 Å². The number of hydrogen-bond donors (Lipinski definition) is 1. The van der Waals surface area contributed by atoms with Gasteiger partial charge in [0.05, 0.1) is 5.69 Å². The largest absolute Gasteiger partial charge is 0.606 e. The molecule has 2 aromatic heterocycles. The Morgan fingerprint density at radius 2 is 1.64 bits per heavy atom. The normalized spacial score (nSPS) is 12.2. The van der Waals surface area contributed by atoms with Crippen molar-refractivity contribution in [3.8, 4) is 11.3 Å². The van der Waals surface area contributed by atoms with Gasteiger partial charge in [0.2, 0.25) is 16.4 Å². The Morgan fingerprint density at radius 1 is 0.960 bits per heavy atom. The summed E-state index contributed by atoms with van der Waals surface area (Å²) in [6.07, 6.45) is 1.84. The Kier molecular flexibility index (Phi) is 4.13. The van der Waals surface area contributed by atoms with Crippen molar-refractivity contribution in [3.63, 3.8) is 0 Å². The highest BCUT2D eigenvalue weighted by molar-refractivity contribution is 7.91. The summed E-state index contributed by atoms with van der Waals surface area (Å²) in [4.78, 5) is 6.04. The van der Waals surface area contributed by atoms with Crippen LogP contribution in [0.4, 0.5) is 5.82 Å². The van der Waals surface area contributed by atoms with E-state index in [0.717, 1.165) is 16.2 Å². The molecule has 25 heavy (non-hydrogen) atoms. The van der Waals surface area contributed by atoms with Gasteiger partial charge < -0.3 is 9.87 Å². The molecule has 2 heterocycles. The average molecular weight is 348 g/mol. The second kappa shape index (κ2) is 6.58. The molecular formula is C19H16N4OS. The van der Waals surface area contributed by atoms with Crippen LogP contribution < -0.4 is 5.32 Å². The Bertz CT molecular complexity index is 1000. The van der Waals surface area contributed by atoms with Gasteiger partial charge in [-0.25, -0.2) is 9.50 Å². The van der Waals surface area contributed by atoms with E-state index >= 15 is 0 Å². The van der Waals surface area contributed by atoms with Gasteiger partial charge in [-0.1, -0.05) is 48.5 Å². The van der Waals surface area contributed by atoms with E-state index in [1.54, 1.807) is 11.6 Å². The number of nitrogens with zero attached hydrogens (tertiary/aromatic N) is 3. The molecule has 0 amide bonds. The number of benzene rings is 2. The van der Waals surface area contributed by atoms with E-state index in [2.05, 4.69) is 10.4 Å². The number of aromatic nitrogens is 3. The zero-order valence-electron chi connectivity index (χ0n) is 13.6. The van der Waals surface area contributed by atoms with E-state index in [-0.39, 0.29) is 0 Å². The van der Waals surface area contributed by atoms with E-state index in [9.17, 15) is 4.55 Å². The molecule has 2 aromatic carbocycles. The van der Waals surface area contributed by atoms with Crippen molar-refractivity contribution in [2.45, 2.75) is 9.79 Å². The molecule has 0 fully saturated rings. The highest BCUT2D eigenvalue weighted by atomic mass is 32.2. The summed E-state index contributed by atoms with van der Waals surface area (Å²) in [5.74, 6) is 0.569. The van der Waals surface area contributed by atoms with Crippen molar-refractivity contribution in [1.82, 2.24) is 14.6 Å². The third kappa shape index (κ3) is 2.86. The maximum absolute atomic E-state index is 13.1. The van der Waals surface area contributed by atoms with Crippen LogP contribution in [0.2, 0.25) is 0 Å². The lowest BCUT2D eigenvalue weighted by Gasteiger charge is -2.09. The lowest BCUT2D eigenvalue weighted by Crippen LogP contribution is -2.05. The van der Waals surface area contributed by atoms with Crippen LogP contribution in [0.5, 0.6) is 0 Å². The van der Waals surface area contributed by atoms with Crippen molar-refractivity contribution in [3.05, 3.63) is 72.9 Å². The molecule has 0 spiro atoms. The zero-order chi connectivity index (χ0) is 17.2. The topological polar surface area (TPSA) is 65.3 Å². The quantitative estimate of drug-likeness (QED) is 0.572. The molecule has 1 N–H and O–H groups in total. The van der Waals surface area contributed by atoms with Gasteiger partial charge in [0.15, 0.2) is 4.90 Å². The summed E-state index contributed by atoms with van der Waals surface area (Å²) < 4.78 is 14.8. The van der Waals surface area contributed by atoms with Crippen LogP contribution in [-0.4, -0.2) is 26.2 Å². The maximum atomic E-state index is 13.1. The van der Waals surface area contributed by atoms with Gasteiger partial charge in [-0.2, -0.15) is 0 Å². The Balaban J connectivity index is 1.90. The first kappa shape index (κ1) is 15.7. The first-order chi connectivity index (χ1) is 12.3. The van der Waals surface area contributed by atoms with Crippen molar-refractivity contribution in [2.24, 2.45) is 0 Å². The standard InChI is InChI=1S/C19H16N4OS/c1-20-18-17(25(24)15-10-6-3-7-11-15)19-21-16(12-13-23(19)22-18)14-8-4-2-5-9-14/h2-13H,1H3,(H,20,22). The smallest absolute Gasteiger partial charge is 0.247 e.